The Labute approximate surface area is 101 Å². The Morgan fingerprint density at radius 3 is 2.62 bits per heavy atom. The lowest BCUT2D eigenvalue weighted by atomic mass is 10.0. The summed E-state index contributed by atoms with van der Waals surface area (Å²) in [7, 11) is 1.95. The summed E-state index contributed by atoms with van der Waals surface area (Å²) >= 11 is 5.95. The molecule has 0 aliphatic rings. The number of halogens is 1. The summed E-state index contributed by atoms with van der Waals surface area (Å²) in [6.07, 6.45) is 0. The number of hydrogen-bond donors (Lipinski definition) is 1. The van der Waals surface area contributed by atoms with Crippen LogP contribution in [0.2, 0.25) is 5.02 Å². The first-order valence-corrected chi connectivity index (χ1v) is 5.86. The maximum atomic E-state index is 5.95. The fraction of sp³-hybridized carbons (Fsp3) is 0.385. The van der Waals surface area contributed by atoms with Crippen molar-refractivity contribution in [2.45, 2.75) is 19.9 Å². The van der Waals surface area contributed by atoms with E-state index in [0.717, 1.165) is 21.8 Å². The molecule has 2 nitrogen and oxygen atoms in total. The second-order valence-corrected chi connectivity index (χ2v) is 4.78. The molecule has 0 saturated heterocycles. The minimum atomic E-state index is 0.242. The Kier molecular flexibility index (Phi) is 3.22. The molecule has 0 saturated carbocycles. The van der Waals surface area contributed by atoms with Crippen molar-refractivity contribution in [1.82, 2.24) is 5.32 Å². The van der Waals surface area contributed by atoms with Crippen molar-refractivity contribution in [3.63, 3.8) is 0 Å². The minimum absolute atomic E-state index is 0.242. The van der Waals surface area contributed by atoms with Crippen molar-refractivity contribution in [3.8, 4) is 0 Å². The quantitative estimate of drug-likeness (QED) is 0.873. The molecular weight excluding hydrogens is 222 g/mol. The van der Waals surface area contributed by atoms with Gasteiger partial charge in [0.15, 0.2) is 0 Å². The molecule has 2 rings (SSSR count). The fourth-order valence-corrected chi connectivity index (χ4v) is 2.17. The van der Waals surface area contributed by atoms with Gasteiger partial charge in [-0.05, 0) is 37.2 Å². The van der Waals surface area contributed by atoms with Crippen molar-refractivity contribution >= 4 is 22.6 Å². The van der Waals surface area contributed by atoms with Crippen LogP contribution in [0.3, 0.4) is 0 Å². The summed E-state index contributed by atoms with van der Waals surface area (Å²) in [5, 5.41) is 5.07. The van der Waals surface area contributed by atoms with Crippen LogP contribution in [0.15, 0.2) is 28.7 Å². The summed E-state index contributed by atoms with van der Waals surface area (Å²) < 4.78 is 5.82. The summed E-state index contributed by atoms with van der Waals surface area (Å²) in [5.41, 5.74) is 0.889. The normalized spacial score (nSPS) is 13.6. The summed E-state index contributed by atoms with van der Waals surface area (Å²) in [6, 6.07) is 7.99. The Morgan fingerprint density at radius 2 is 2.00 bits per heavy atom. The van der Waals surface area contributed by atoms with Gasteiger partial charge in [0.05, 0.1) is 6.04 Å². The molecule has 1 heterocycles. The Balaban J connectivity index is 2.45. The second-order valence-electron chi connectivity index (χ2n) is 4.34. The minimum Gasteiger partial charge on any atom is -0.459 e. The van der Waals surface area contributed by atoms with Gasteiger partial charge in [-0.3, -0.25) is 0 Å². The molecule has 1 atom stereocenters. The van der Waals surface area contributed by atoms with Crippen LogP contribution in [0.4, 0.5) is 0 Å². The smallest absolute Gasteiger partial charge is 0.134 e. The molecule has 1 aromatic carbocycles. The third-order valence-corrected chi connectivity index (χ3v) is 3.02. The van der Waals surface area contributed by atoms with E-state index in [1.165, 1.54) is 0 Å². The molecule has 16 heavy (non-hydrogen) atoms. The van der Waals surface area contributed by atoms with Crippen LogP contribution < -0.4 is 5.32 Å². The van der Waals surface area contributed by atoms with E-state index in [9.17, 15) is 0 Å². The van der Waals surface area contributed by atoms with Crippen LogP contribution in [-0.2, 0) is 0 Å². The first kappa shape index (κ1) is 11.5. The third kappa shape index (κ3) is 2.08. The molecule has 1 unspecified atom stereocenters. The summed E-state index contributed by atoms with van der Waals surface area (Å²) in [6.45, 7) is 4.34. The van der Waals surface area contributed by atoms with E-state index in [2.05, 4.69) is 25.2 Å². The van der Waals surface area contributed by atoms with E-state index < -0.39 is 0 Å². The molecule has 0 bridgehead atoms. The molecule has 0 amide bonds. The number of fused-ring (bicyclic) bond motifs is 1. The second kappa shape index (κ2) is 4.48. The lowest BCUT2D eigenvalue weighted by Crippen LogP contribution is -2.20. The largest absolute Gasteiger partial charge is 0.459 e. The molecular formula is C13H16ClNO. The van der Waals surface area contributed by atoms with Crippen LogP contribution in [0.25, 0.3) is 11.0 Å². The SMILES string of the molecule is CNC(c1cc2cc(Cl)ccc2o1)C(C)C. The van der Waals surface area contributed by atoms with Gasteiger partial charge in [0.2, 0.25) is 0 Å². The zero-order valence-electron chi connectivity index (χ0n) is 9.75. The molecule has 0 aliphatic heterocycles. The molecule has 0 radical (unpaired) electrons. The zero-order valence-corrected chi connectivity index (χ0v) is 10.5. The van der Waals surface area contributed by atoms with Gasteiger partial charge < -0.3 is 9.73 Å². The van der Waals surface area contributed by atoms with Gasteiger partial charge in [0.25, 0.3) is 0 Å². The third-order valence-electron chi connectivity index (χ3n) is 2.78. The molecule has 0 aliphatic carbocycles. The number of rotatable bonds is 3. The fourth-order valence-electron chi connectivity index (χ4n) is 1.99. The van der Waals surface area contributed by atoms with Crippen molar-refractivity contribution in [3.05, 3.63) is 35.0 Å². The standard InChI is InChI=1S/C13H16ClNO/c1-8(2)13(15-3)12-7-9-6-10(14)4-5-11(9)16-12/h4-8,13,15H,1-3H3. The van der Waals surface area contributed by atoms with E-state index in [1.807, 2.05) is 25.2 Å². The van der Waals surface area contributed by atoms with Crippen LogP contribution in [0.1, 0.15) is 25.6 Å². The van der Waals surface area contributed by atoms with Crippen LogP contribution in [-0.4, -0.2) is 7.05 Å². The predicted molar refractivity (Wildman–Crippen MR) is 67.9 cm³/mol. The number of nitrogens with one attached hydrogen (secondary N) is 1. The predicted octanol–water partition coefficient (Wildman–Crippen LogP) is 4.00. The number of benzene rings is 1. The van der Waals surface area contributed by atoms with Gasteiger partial charge in [-0.25, -0.2) is 0 Å². The highest BCUT2D eigenvalue weighted by Gasteiger charge is 2.17. The monoisotopic (exact) mass is 237 g/mol. The highest BCUT2D eigenvalue weighted by Crippen LogP contribution is 2.29. The maximum absolute atomic E-state index is 5.95. The van der Waals surface area contributed by atoms with Gasteiger partial charge in [-0.1, -0.05) is 25.4 Å². The number of furan rings is 1. The highest BCUT2D eigenvalue weighted by molar-refractivity contribution is 6.31. The first-order valence-electron chi connectivity index (χ1n) is 5.48. The van der Waals surface area contributed by atoms with Gasteiger partial charge in [-0.2, -0.15) is 0 Å². The van der Waals surface area contributed by atoms with Crippen molar-refractivity contribution in [1.29, 1.82) is 0 Å². The molecule has 2 aromatic rings. The summed E-state index contributed by atoms with van der Waals surface area (Å²) in [4.78, 5) is 0. The van der Waals surface area contributed by atoms with Crippen LogP contribution in [0, 0.1) is 5.92 Å². The van der Waals surface area contributed by atoms with Gasteiger partial charge in [0, 0.05) is 10.4 Å². The Hall–Kier alpha value is -0.990. The molecule has 0 fully saturated rings. The van der Waals surface area contributed by atoms with Crippen LogP contribution in [0.5, 0.6) is 0 Å². The average molecular weight is 238 g/mol. The van der Waals surface area contributed by atoms with Gasteiger partial charge >= 0.3 is 0 Å². The Bertz CT molecular complexity index is 490. The lowest BCUT2D eigenvalue weighted by molar-refractivity contribution is 0.371. The van der Waals surface area contributed by atoms with E-state index >= 15 is 0 Å². The van der Waals surface area contributed by atoms with Gasteiger partial charge in [-0.15, -0.1) is 0 Å². The van der Waals surface area contributed by atoms with Gasteiger partial charge in [0.1, 0.15) is 11.3 Å². The van der Waals surface area contributed by atoms with Crippen molar-refractivity contribution in [2.75, 3.05) is 7.05 Å². The molecule has 86 valence electrons. The average Bonchev–Trinajstić information content (AvgIpc) is 2.60. The summed E-state index contributed by atoms with van der Waals surface area (Å²) in [5.74, 6) is 1.45. The topological polar surface area (TPSA) is 25.2 Å². The first-order chi connectivity index (χ1) is 7.61. The molecule has 1 aromatic heterocycles. The lowest BCUT2D eigenvalue weighted by Gasteiger charge is -2.16. The van der Waals surface area contributed by atoms with Crippen molar-refractivity contribution in [2.24, 2.45) is 5.92 Å². The number of hydrogen-bond acceptors (Lipinski definition) is 2. The molecule has 0 spiro atoms. The maximum Gasteiger partial charge on any atom is 0.134 e. The molecule has 1 N–H and O–H groups in total. The van der Waals surface area contributed by atoms with E-state index in [4.69, 9.17) is 16.0 Å². The zero-order chi connectivity index (χ0) is 11.7. The van der Waals surface area contributed by atoms with Crippen molar-refractivity contribution < 1.29 is 4.42 Å². The van der Waals surface area contributed by atoms with E-state index in [0.29, 0.717) is 5.92 Å². The van der Waals surface area contributed by atoms with E-state index in [-0.39, 0.29) is 6.04 Å². The molecule has 3 heteroatoms. The highest BCUT2D eigenvalue weighted by atomic mass is 35.5. The van der Waals surface area contributed by atoms with Crippen LogP contribution >= 0.6 is 11.6 Å². The van der Waals surface area contributed by atoms with E-state index in [1.54, 1.807) is 0 Å². The Morgan fingerprint density at radius 1 is 1.25 bits per heavy atom.